The van der Waals surface area contributed by atoms with E-state index >= 15 is 0 Å². The molecule has 1 aromatic heterocycles. The lowest BCUT2D eigenvalue weighted by atomic mass is 9.89. The fourth-order valence-corrected chi connectivity index (χ4v) is 4.33. The first-order chi connectivity index (χ1) is 12.6. The van der Waals surface area contributed by atoms with Gasteiger partial charge in [0, 0.05) is 51.0 Å². The van der Waals surface area contributed by atoms with E-state index in [0.717, 1.165) is 25.3 Å². The van der Waals surface area contributed by atoms with Crippen LogP contribution in [0.15, 0.2) is 15.8 Å². The van der Waals surface area contributed by atoms with Crippen LogP contribution in [0.5, 0.6) is 0 Å². The van der Waals surface area contributed by atoms with Gasteiger partial charge in [-0.15, -0.1) is 0 Å². The van der Waals surface area contributed by atoms with E-state index in [4.69, 9.17) is 0 Å². The minimum absolute atomic E-state index is 0.280. The smallest absolute Gasteiger partial charge is 0.301 e. The lowest BCUT2D eigenvalue weighted by molar-refractivity contribution is 0.108. The molecule has 0 atom stereocenters. The molecule has 1 aliphatic carbocycles. The summed E-state index contributed by atoms with van der Waals surface area (Å²) in [6, 6.07) is 0. The molecule has 1 N–H and O–H groups in total. The molecule has 0 amide bonds. The monoisotopic (exact) mass is 362 g/mol. The number of unbranched alkanes of at least 4 members (excludes halogenated alkanes) is 1. The van der Waals surface area contributed by atoms with Gasteiger partial charge in [0.2, 0.25) is 0 Å². The third kappa shape index (κ3) is 5.55. The van der Waals surface area contributed by atoms with Crippen LogP contribution in [0.1, 0.15) is 50.5 Å². The van der Waals surface area contributed by atoms with Gasteiger partial charge in [-0.2, -0.15) is 0 Å². The van der Waals surface area contributed by atoms with E-state index < -0.39 is 0 Å². The average molecular weight is 363 g/mol. The average Bonchev–Trinajstić information content (AvgIpc) is 2.65. The second kappa shape index (κ2) is 9.51. The number of aromatic nitrogens is 2. The van der Waals surface area contributed by atoms with Crippen molar-refractivity contribution < 1.29 is 0 Å². The van der Waals surface area contributed by atoms with Crippen LogP contribution in [0.25, 0.3) is 0 Å². The largest absolute Gasteiger partial charge is 0.328 e. The Hall–Kier alpha value is -1.40. The van der Waals surface area contributed by atoms with Gasteiger partial charge in [-0.25, -0.2) is 4.79 Å². The van der Waals surface area contributed by atoms with Crippen LogP contribution in [-0.4, -0.2) is 58.6 Å². The molecule has 2 aliphatic rings. The molecule has 0 bridgehead atoms. The van der Waals surface area contributed by atoms with Gasteiger partial charge in [0.25, 0.3) is 5.56 Å². The number of nitrogens with one attached hydrogen (secondary N) is 1. The first kappa shape index (κ1) is 19.4. The van der Waals surface area contributed by atoms with Crippen LogP contribution in [0.3, 0.4) is 0 Å². The van der Waals surface area contributed by atoms with Crippen LogP contribution >= 0.6 is 0 Å². The molecule has 1 saturated heterocycles. The summed E-state index contributed by atoms with van der Waals surface area (Å²) in [6.07, 6.45) is 10.9. The first-order valence-electron chi connectivity index (χ1n) is 10.4. The van der Waals surface area contributed by atoms with Gasteiger partial charge in [0.15, 0.2) is 0 Å². The zero-order chi connectivity index (χ0) is 18.4. The van der Waals surface area contributed by atoms with E-state index in [1.54, 1.807) is 17.7 Å². The van der Waals surface area contributed by atoms with Crippen molar-refractivity contribution in [1.82, 2.24) is 19.4 Å². The predicted octanol–water partition coefficient (Wildman–Crippen LogP) is 1.82. The maximum absolute atomic E-state index is 11.8. The summed E-state index contributed by atoms with van der Waals surface area (Å²) in [6.45, 7) is 9.58. The van der Waals surface area contributed by atoms with Crippen molar-refractivity contribution >= 4 is 0 Å². The van der Waals surface area contributed by atoms with Crippen molar-refractivity contribution in [2.24, 2.45) is 5.92 Å². The predicted molar refractivity (Wildman–Crippen MR) is 105 cm³/mol. The molecule has 146 valence electrons. The SMILES string of the molecule is Cc1cn(CCCCN2CCN(CC3CCCCC3)CC2)c(=O)[nH]c1=O. The number of nitrogens with zero attached hydrogens (tertiary/aromatic N) is 3. The van der Waals surface area contributed by atoms with Gasteiger partial charge in [-0.1, -0.05) is 19.3 Å². The Kier molecular flexibility index (Phi) is 7.08. The Morgan fingerprint density at radius 2 is 1.62 bits per heavy atom. The molecule has 26 heavy (non-hydrogen) atoms. The van der Waals surface area contributed by atoms with E-state index in [1.165, 1.54) is 64.8 Å². The summed E-state index contributed by atoms with van der Waals surface area (Å²) in [5.74, 6) is 0.939. The lowest BCUT2D eigenvalue weighted by Crippen LogP contribution is -2.48. The van der Waals surface area contributed by atoms with Gasteiger partial charge in [-0.05, 0) is 45.1 Å². The second-order valence-corrected chi connectivity index (χ2v) is 8.12. The first-order valence-corrected chi connectivity index (χ1v) is 10.4. The maximum Gasteiger partial charge on any atom is 0.328 e. The Morgan fingerprint density at radius 3 is 2.35 bits per heavy atom. The highest BCUT2D eigenvalue weighted by molar-refractivity contribution is 5.00. The van der Waals surface area contributed by atoms with E-state index in [1.807, 2.05) is 0 Å². The van der Waals surface area contributed by atoms with E-state index in [0.29, 0.717) is 12.1 Å². The van der Waals surface area contributed by atoms with Crippen LogP contribution < -0.4 is 11.2 Å². The molecule has 0 aromatic carbocycles. The quantitative estimate of drug-likeness (QED) is 0.752. The normalized spacial score (nSPS) is 20.5. The third-order valence-electron chi connectivity index (χ3n) is 6.02. The minimum Gasteiger partial charge on any atom is -0.301 e. The van der Waals surface area contributed by atoms with Gasteiger partial charge in [0.1, 0.15) is 0 Å². The van der Waals surface area contributed by atoms with Crippen molar-refractivity contribution in [1.29, 1.82) is 0 Å². The van der Waals surface area contributed by atoms with E-state index in [2.05, 4.69) is 14.8 Å². The van der Waals surface area contributed by atoms with Crippen LogP contribution in [0.4, 0.5) is 0 Å². The van der Waals surface area contributed by atoms with Crippen molar-refractivity contribution in [3.8, 4) is 0 Å². The Bertz CT molecular complexity index is 667. The molecule has 0 spiro atoms. The number of aryl methyl sites for hydroxylation is 2. The van der Waals surface area contributed by atoms with E-state index in [9.17, 15) is 9.59 Å². The summed E-state index contributed by atoms with van der Waals surface area (Å²) in [7, 11) is 0. The van der Waals surface area contributed by atoms with Crippen LogP contribution in [0, 0.1) is 12.8 Å². The molecule has 6 nitrogen and oxygen atoms in total. The molecule has 1 saturated carbocycles. The maximum atomic E-state index is 11.8. The summed E-state index contributed by atoms with van der Waals surface area (Å²) < 4.78 is 1.62. The van der Waals surface area contributed by atoms with Crippen molar-refractivity contribution in [2.75, 3.05) is 39.3 Å². The van der Waals surface area contributed by atoms with Gasteiger partial charge >= 0.3 is 5.69 Å². The number of aromatic amines is 1. The molecule has 2 fully saturated rings. The third-order valence-corrected chi connectivity index (χ3v) is 6.02. The molecule has 0 unspecified atom stereocenters. The Morgan fingerprint density at radius 1 is 0.962 bits per heavy atom. The number of rotatable bonds is 7. The molecule has 0 radical (unpaired) electrons. The van der Waals surface area contributed by atoms with Crippen LogP contribution in [0.2, 0.25) is 0 Å². The number of piperazine rings is 1. The standard InChI is InChI=1S/C20H34N4O2/c1-17-15-24(20(26)21-19(17)25)10-6-5-9-22-11-13-23(14-12-22)16-18-7-3-2-4-8-18/h15,18H,2-14,16H2,1H3,(H,21,25,26). The Labute approximate surface area is 156 Å². The molecular weight excluding hydrogens is 328 g/mol. The number of H-pyrrole nitrogens is 1. The van der Waals surface area contributed by atoms with Gasteiger partial charge in [0.05, 0.1) is 0 Å². The van der Waals surface area contributed by atoms with Crippen molar-refractivity contribution in [3.05, 3.63) is 32.6 Å². The molecule has 1 aliphatic heterocycles. The Balaban J connectivity index is 1.32. The molecule has 3 rings (SSSR count). The fraction of sp³-hybridized carbons (Fsp3) is 0.800. The van der Waals surface area contributed by atoms with E-state index in [-0.39, 0.29) is 11.2 Å². The van der Waals surface area contributed by atoms with Crippen molar-refractivity contribution in [2.45, 2.75) is 58.4 Å². The summed E-state index contributed by atoms with van der Waals surface area (Å²) >= 11 is 0. The molecule has 1 aromatic rings. The minimum atomic E-state index is -0.295. The van der Waals surface area contributed by atoms with Gasteiger partial charge in [-0.3, -0.25) is 9.78 Å². The fourth-order valence-electron chi connectivity index (χ4n) is 4.33. The van der Waals surface area contributed by atoms with Crippen molar-refractivity contribution in [3.63, 3.8) is 0 Å². The van der Waals surface area contributed by atoms with Gasteiger partial charge < -0.3 is 14.4 Å². The lowest BCUT2D eigenvalue weighted by Gasteiger charge is -2.37. The summed E-state index contributed by atoms with van der Waals surface area (Å²) in [4.78, 5) is 30.8. The molecular formula is C20H34N4O2. The highest BCUT2D eigenvalue weighted by Crippen LogP contribution is 2.24. The zero-order valence-corrected chi connectivity index (χ0v) is 16.2. The molecule has 2 heterocycles. The highest BCUT2D eigenvalue weighted by Gasteiger charge is 2.21. The summed E-state index contributed by atoms with van der Waals surface area (Å²) in [5, 5.41) is 0. The summed E-state index contributed by atoms with van der Waals surface area (Å²) in [5.41, 5.74) is 0.0213. The van der Waals surface area contributed by atoms with Crippen LogP contribution in [-0.2, 0) is 6.54 Å². The second-order valence-electron chi connectivity index (χ2n) is 8.12. The number of hydrogen-bond acceptors (Lipinski definition) is 4. The zero-order valence-electron chi connectivity index (χ0n) is 16.2. The number of hydrogen-bond donors (Lipinski definition) is 1. The highest BCUT2D eigenvalue weighted by atomic mass is 16.2. The topological polar surface area (TPSA) is 61.3 Å². The molecule has 6 heteroatoms.